The van der Waals surface area contributed by atoms with Crippen molar-refractivity contribution in [3.8, 4) is 0 Å². The molecular formula is C23H24N2O. The van der Waals surface area contributed by atoms with E-state index in [9.17, 15) is 4.79 Å². The molecule has 0 spiro atoms. The maximum Gasteiger partial charge on any atom is 0.253 e. The first-order valence-corrected chi connectivity index (χ1v) is 9.35. The number of carbonyl (C=O) groups excluding carboxylic acids is 1. The summed E-state index contributed by atoms with van der Waals surface area (Å²) in [6.07, 6.45) is 2.01. The molecule has 26 heavy (non-hydrogen) atoms. The molecule has 1 saturated heterocycles. The van der Waals surface area contributed by atoms with Crippen molar-refractivity contribution in [1.82, 2.24) is 10.2 Å². The molecule has 0 aromatic heterocycles. The molecule has 0 radical (unpaired) electrons. The lowest BCUT2D eigenvalue weighted by atomic mass is 10.0. The molecule has 3 nitrogen and oxygen atoms in total. The van der Waals surface area contributed by atoms with Crippen LogP contribution in [0.3, 0.4) is 0 Å². The van der Waals surface area contributed by atoms with Crippen molar-refractivity contribution in [1.29, 1.82) is 0 Å². The first kappa shape index (κ1) is 16.8. The summed E-state index contributed by atoms with van der Waals surface area (Å²) < 4.78 is 0. The number of amides is 1. The highest BCUT2D eigenvalue weighted by molar-refractivity contribution is 5.94. The van der Waals surface area contributed by atoms with E-state index in [-0.39, 0.29) is 5.91 Å². The summed E-state index contributed by atoms with van der Waals surface area (Å²) in [5.41, 5.74) is 2.10. The zero-order chi connectivity index (χ0) is 17.8. The van der Waals surface area contributed by atoms with Crippen LogP contribution in [0.2, 0.25) is 0 Å². The maximum absolute atomic E-state index is 12.5. The molecule has 0 bridgehead atoms. The third-order valence-corrected chi connectivity index (χ3v) is 5.21. The van der Waals surface area contributed by atoms with E-state index in [2.05, 4.69) is 47.8 Å². The summed E-state index contributed by atoms with van der Waals surface area (Å²) in [4.78, 5) is 14.5. The van der Waals surface area contributed by atoms with Crippen LogP contribution in [-0.2, 0) is 6.54 Å². The molecule has 1 aliphatic heterocycles. The molecule has 1 N–H and O–H groups in total. The van der Waals surface area contributed by atoms with Gasteiger partial charge in [-0.25, -0.2) is 0 Å². The second-order valence-corrected chi connectivity index (χ2v) is 6.99. The number of piperidine rings is 1. The molecule has 4 rings (SSSR count). The Bertz CT molecular complexity index is 883. The SMILES string of the molecule is O=C(c1ccccc1)N1CCC(NCc2ccc3ccccc3c2)CC1. The highest BCUT2D eigenvalue weighted by Gasteiger charge is 2.23. The van der Waals surface area contributed by atoms with Gasteiger partial charge in [0.25, 0.3) is 5.91 Å². The largest absolute Gasteiger partial charge is 0.339 e. The average molecular weight is 344 g/mol. The quantitative estimate of drug-likeness (QED) is 0.768. The van der Waals surface area contributed by atoms with Crippen molar-refractivity contribution in [2.45, 2.75) is 25.4 Å². The zero-order valence-electron chi connectivity index (χ0n) is 14.9. The van der Waals surface area contributed by atoms with Crippen molar-refractivity contribution in [3.63, 3.8) is 0 Å². The predicted molar refractivity (Wildman–Crippen MR) is 106 cm³/mol. The lowest BCUT2D eigenvalue weighted by molar-refractivity contribution is 0.0704. The second kappa shape index (κ2) is 7.71. The van der Waals surface area contributed by atoms with Crippen molar-refractivity contribution < 1.29 is 4.79 Å². The third-order valence-electron chi connectivity index (χ3n) is 5.21. The van der Waals surface area contributed by atoms with E-state index in [4.69, 9.17) is 0 Å². The molecule has 3 aromatic rings. The smallest absolute Gasteiger partial charge is 0.253 e. The van der Waals surface area contributed by atoms with Crippen LogP contribution in [0.15, 0.2) is 72.8 Å². The predicted octanol–water partition coefficient (Wildman–Crippen LogP) is 4.23. The number of hydrogen-bond acceptors (Lipinski definition) is 2. The Hall–Kier alpha value is -2.65. The third kappa shape index (κ3) is 3.78. The fourth-order valence-electron chi connectivity index (χ4n) is 3.66. The monoisotopic (exact) mass is 344 g/mol. The number of benzene rings is 3. The van der Waals surface area contributed by atoms with Gasteiger partial charge in [-0.05, 0) is 47.4 Å². The van der Waals surface area contributed by atoms with Crippen LogP contribution < -0.4 is 5.32 Å². The minimum absolute atomic E-state index is 0.151. The van der Waals surface area contributed by atoms with Crippen LogP contribution in [0, 0.1) is 0 Å². The Labute approximate surface area is 154 Å². The molecule has 0 unspecified atom stereocenters. The molecule has 1 fully saturated rings. The van der Waals surface area contributed by atoms with Crippen LogP contribution in [0.4, 0.5) is 0 Å². The Morgan fingerprint density at radius 3 is 2.35 bits per heavy atom. The standard InChI is InChI=1S/C23H24N2O/c26-23(20-7-2-1-3-8-20)25-14-12-22(13-15-25)24-17-18-10-11-19-6-4-5-9-21(19)16-18/h1-11,16,22,24H,12-15,17H2. The fourth-order valence-corrected chi connectivity index (χ4v) is 3.66. The first-order chi connectivity index (χ1) is 12.8. The first-order valence-electron chi connectivity index (χ1n) is 9.35. The van der Waals surface area contributed by atoms with Crippen LogP contribution >= 0.6 is 0 Å². The summed E-state index contributed by atoms with van der Waals surface area (Å²) in [6, 6.07) is 25.2. The van der Waals surface area contributed by atoms with Crippen LogP contribution in [-0.4, -0.2) is 29.9 Å². The van der Waals surface area contributed by atoms with Gasteiger partial charge in [0.05, 0.1) is 0 Å². The number of nitrogens with one attached hydrogen (secondary N) is 1. The molecular weight excluding hydrogens is 320 g/mol. The summed E-state index contributed by atoms with van der Waals surface area (Å²) >= 11 is 0. The molecule has 132 valence electrons. The van der Waals surface area contributed by atoms with Crippen LogP contribution in [0.1, 0.15) is 28.8 Å². The van der Waals surface area contributed by atoms with E-state index in [1.807, 2.05) is 35.2 Å². The van der Waals surface area contributed by atoms with E-state index in [0.717, 1.165) is 38.0 Å². The fraction of sp³-hybridized carbons (Fsp3) is 0.261. The molecule has 1 amide bonds. The summed E-state index contributed by atoms with van der Waals surface area (Å²) in [5.74, 6) is 0.151. The van der Waals surface area contributed by atoms with E-state index in [1.165, 1.54) is 16.3 Å². The zero-order valence-corrected chi connectivity index (χ0v) is 14.9. The number of fused-ring (bicyclic) bond motifs is 1. The number of carbonyl (C=O) groups is 1. The van der Waals surface area contributed by atoms with Gasteiger partial charge in [-0.15, -0.1) is 0 Å². The van der Waals surface area contributed by atoms with Crippen molar-refractivity contribution >= 4 is 16.7 Å². The lowest BCUT2D eigenvalue weighted by Crippen LogP contribution is -2.44. The number of hydrogen-bond donors (Lipinski definition) is 1. The van der Waals surface area contributed by atoms with Crippen molar-refractivity contribution in [2.24, 2.45) is 0 Å². The average Bonchev–Trinajstić information content (AvgIpc) is 2.72. The number of likely N-dealkylation sites (tertiary alicyclic amines) is 1. The summed E-state index contributed by atoms with van der Waals surface area (Å²) in [5, 5.41) is 6.23. The van der Waals surface area contributed by atoms with Gasteiger partial charge in [0, 0.05) is 31.2 Å². The summed E-state index contributed by atoms with van der Waals surface area (Å²) in [6.45, 7) is 2.52. The normalized spacial score (nSPS) is 15.3. The van der Waals surface area contributed by atoms with E-state index in [0.29, 0.717) is 6.04 Å². The molecule has 3 heteroatoms. The molecule has 0 aliphatic carbocycles. The highest BCUT2D eigenvalue weighted by atomic mass is 16.2. The Balaban J connectivity index is 1.30. The number of rotatable bonds is 4. The minimum atomic E-state index is 0.151. The van der Waals surface area contributed by atoms with E-state index < -0.39 is 0 Å². The van der Waals surface area contributed by atoms with Gasteiger partial charge in [-0.1, -0.05) is 54.6 Å². The topological polar surface area (TPSA) is 32.3 Å². The van der Waals surface area contributed by atoms with E-state index >= 15 is 0 Å². The molecule has 1 aliphatic rings. The maximum atomic E-state index is 12.5. The molecule has 1 heterocycles. The van der Waals surface area contributed by atoms with Crippen LogP contribution in [0.5, 0.6) is 0 Å². The van der Waals surface area contributed by atoms with Crippen molar-refractivity contribution in [3.05, 3.63) is 83.9 Å². The van der Waals surface area contributed by atoms with Gasteiger partial charge in [0.1, 0.15) is 0 Å². The molecule has 3 aromatic carbocycles. The molecule has 0 atom stereocenters. The van der Waals surface area contributed by atoms with Crippen molar-refractivity contribution in [2.75, 3.05) is 13.1 Å². The van der Waals surface area contributed by atoms with Gasteiger partial charge in [-0.2, -0.15) is 0 Å². The highest BCUT2D eigenvalue weighted by Crippen LogP contribution is 2.17. The van der Waals surface area contributed by atoms with E-state index in [1.54, 1.807) is 0 Å². The van der Waals surface area contributed by atoms with Gasteiger partial charge in [0.15, 0.2) is 0 Å². The lowest BCUT2D eigenvalue weighted by Gasteiger charge is -2.32. The Morgan fingerprint density at radius 1 is 0.885 bits per heavy atom. The van der Waals surface area contributed by atoms with Crippen LogP contribution in [0.25, 0.3) is 10.8 Å². The minimum Gasteiger partial charge on any atom is -0.339 e. The summed E-state index contributed by atoms with van der Waals surface area (Å²) in [7, 11) is 0. The van der Waals surface area contributed by atoms with Gasteiger partial charge < -0.3 is 10.2 Å². The van der Waals surface area contributed by atoms with Gasteiger partial charge >= 0.3 is 0 Å². The van der Waals surface area contributed by atoms with Gasteiger partial charge in [-0.3, -0.25) is 4.79 Å². The Morgan fingerprint density at radius 2 is 1.58 bits per heavy atom. The second-order valence-electron chi connectivity index (χ2n) is 6.99. The number of nitrogens with zero attached hydrogens (tertiary/aromatic N) is 1. The van der Waals surface area contributed by atoms with Gasteiger partial charge in [0.2, 0.25) is 0 Å². The molecule has 0 saturated carbocycles. The Kier molecular flexibility index (Phi) is 4.98.